The van der Waals surface area contributed by atoms with Crippen LogP contribution in [0.5, 0.6) is 0 Å². The van der Waals surface area contributed by atoms with Gasteiger partial charge in [-0.15, -0.1) is 0 Å². The molecule has 0 bridgehead atoms. The molecule has 0 aliphatic heterocycles. The smallest absolute Gasteiger partial charge is 0.145 e. The molecule has 0 unspecified atom stereocenters. The van der Waals surface area contributed by atoms with E-state index in [9.17, 15) is 14.7 Å². The van der Waals surface area contributed by atoms with E-state index in [1.807, 2.05) is 107 Å². The predicted octanol–water partition coefficient (Wildman–Crippen LogP) is 6.39. The minimum atomic E-state index is -1.16. The van der Waals surface area contributed by atoms with Crippen molar-refractivity contribution in [1.29, 1.82) is 0 Å². The molecule has 0 aromatic carbocycles. The molecule has 3 nitrogen and oxygen atoms in total. The van der Waals surface area contributed by atoms with Gasteiger partial charge in [0.25, 0.3) is 0 Å². The molecule has 0 atom stereocenters. The summed E-state index contributed by atoms with van der Waals surface area (Å²) in [6.07, 6.45) is 31.5. The summed E-state index contributed by atoms with van der Waals surface area (Å²) in [7, 11) is 0. The number of hydrogen-bond acceptors (Lipinski definition) is 3. The van der Waals surface area contributed by atoms with Gasteiger partial charge in [0.15, 0.2) is 0 Å². The molecule has 33 heavy (non-hydrogen) atoms. The highest BCUT2D eigenvalue weighted by molar-refractivity contribution is 5.84. The Bertz CT molecular complexity index is 995. The highest BCUT2D eigenvalue weighted by Gasteiger charge is 1.85. The van der Waals surface area contributed by atoms with Gasteiger partial charge in [-0.3, -0.25) is 4.79 Å². The average Bonchev–Trinajstić information content (AvgIpc) is 2.76. The predicted molar refractivity (Wildman–Crippen MR) is 139 cm³/mol. The summed E-state index contributed by atoms with van der Waals surface area (Å²) in [5.41, 5.74) is 5.23. The molecule has 0 aromatic heterocycles. The zero-order valence-electron chi connectivity index (χ0n) is 20.5. The number of hydrogen-bond donors (Lipinski definition) is 0. The maximum Gasteiger partial charge on any atom is 0.145 e. The van der Waals surface area contributed by atoms with E-state index in [-0.39, 0.29) is 5.57 Å². The largest absolute Gasteiger partial charge is 0.545 e. The molecule has 0 N–H and O–H groups in total. The highest BCUT2D eigenvalue weighted by Crippen LogP contribution is 2.03. The quantitative estimate of drug-likeness (QED) is 0.199. The number of aldehydes is 1. The van der Waals surface area contributed by atoms with Crippen molar-refractivity contribution in [2.24, 2.45) is 0 Å². The SMILES string of the molecule is C\C(C=O)=C/C=C/C(C)=C/C=C/C(C)=C/C=C/C=C(C)/C=C/C=C(C)/C=C/C=C(\C)C(=O)[O-]. The Labute approximate surface area is 199 Å². The first kappa shape index (κ1) is 29.3. The van der Waals surface area contributed by atoms with Crippen molar-refractivity contribution in [2.75, 3.05) is 0 Å². The molecular weight excluding hydrogens is 408 g/mol. The van der Waals surface area contributed by atoms with Crippen LogP contribution in [0.25, 0.3) is 0 Å². The van der Waals surface area contributed by atoms with Crippen LogP contribution in [-0.2, 0) is 9.59 Å². The fraction of sp³-hybridized carbons (Fsp3) is 0.200. The van der Waals surface area contributed by atoms with Crippen LogP contribution in [0.15, 0.2) is 131 Å². The third-order valence-corrected chi connectivity index (χ3v) is 4.20. The lowest BCUT2D eigenvalue weighted by molar-refractivity contribution is -0.299. The first-order valence-corrected chi connectivity index (χ1v) is 10.7. The van der Waals surface area contributed by atoms with E-state index >= 15 is 0 Å². The summed E-state index contributed by atoms with van der Waals surface area (Å²) in [6.45, 7) is 11.3. The third kappa shape index (κ3) is 17.6. The second-order valence-corrected chi connectivity index (χ2v) is 7.63. The van der Waals surface area contributed by atoms with Gasteiger partial charge in [0.1, 0.15) is 6.29 Å². The van der Waals surface area contributed by atoms with Gasteiger partial charge in [-0.1, -0.05) is 120 Å². The van der Waals surface area contributed by atoms with Gasteiger partial charge in [0.05, 0.1) is 5.97 Å². The van der Waals surface area contributed by atoms with E-state index in [2.05, 4.69) is 0 Å². The number of carboxylic acid groups (broad SMARTS) is 1. The molecule has 0 heterocycles. The maximum atomic E-state index is 10.6. The Morgan fingerprint density at radius 2 is 0.788 bits per heavy atom. The van der Waals surface area contributed by atoms with Crippen LogP contribution < -0.4 is 5.11 Å². The zero-order chi connectivity index (χ0) is 25.1. The monoisotopic (exact) mass is 443 g/mol. The Morgan fingerprint density at radius 1 is 0.485 bits per heavy atom. The molecule has 0 fully saturated rings. The molecule has 0 saturated carbocycles. The van der Waals surface area contributed by atoms with Gasteiger partial charge < -0.3 is 9.90 Å². The van der Waals surface area contributed by atoms with Gasteiger partial charge in [0, 0.05) is 0 Å². The normalized spacial score (nSPS) is 15.8. The van der Waals surface area contributed by atoms with Crippen LogP contribution in [-0.4, -0.2) is 12.3 Å². The van der Waals surface area contributed by atoms with Crippen molar-refractivity contribution in [3.63, 3.8) is 0 Å². The van der Waals surface area contributed by atoms with Gasteiger partial charge in [0.2, 0.25) is 0 Å². The molecule has 0 aliphatic rings. The average molecular weight is 444 g/mol. The second-order valence-electron chi connectivity index (χ2n) is 7.63. The summed E-state index contributed by atoms with van der Waals surface area (Å²) in [4.78, 5) is 21.2. The number of carbonyl (C=O) groups is 2. The van der Waals surface area contributed by atoms with Crippen LogP contribution in [0, 0.1) is 0 Å². The van der Waals surface area contributed by atoms with Gasteiger partial charge in [-0.2, -0.15) is 0 Å². The Morgan fingerprint density at radius 3 is 1.12 bits per heavy atom. The summed E-state index contributed by atoms with van der Waals surface area (Å²) in [6, 6.07) is 0. The number of allylic oxidation sites excluding steroid dienone is 21. The number of aliphatic carboxylic acids is 1. The molecule has 0 spiro atoms. The van der Waals surface area contributed by atoms with E-state index in [0.29, 0.717) is 5.57 Å². The van der Waals surface area contributed by atoms with Crippen molar-refractivity contribution in [3.8, 4) is 0 Å². The van der Waals surface area contributed by atoms with E-state index in [0.717, 1.165) is 28.6 Å². The highest BCUT2D eigenvalue weighted by atomic mass is 16.4. The van der Waals surface area contributed by atoms with E-state index in [1.165, 1.54) is 13.0 Å². The molecule has 0 amide bonds. The summed E-state index contributed by atoms with van der Waals surface area (Å²) in [5, 5.41) is 10.6. The molecular formula is C30H35O3-. The second kappa shape index (κ2) is 17.9. The molecule has 0 aliphatic carbocycles. The van der Waals surface area contributed by atoms with Crippen molar-refractivity contribution in [3.05, 3.63) is 131 Å². The minimum Gasteiger partial charge on any atom is -0.545 e. The molecule has 0 aromatic rings. The van der Waals surface area contributed by atoms with Gasteiger partial charge in [-0.25, -0.2) is 0 Å². The lowest BCUT2D eigenvalue weighted by Gasteiger charge is -1.97. The Kier molecular flexibility index (Phi) is 15.9. The van der Waals surface area contributed by atoms with E-state index in [4.69, 9.17) is 0 Å². The van der Waals surface area contributed by atoms with Crippen molar-refractivity contribution >= 4 is 12.3 Å². The number of rotatable bonds is 12. The minimum absolute atomic E-state index is 0.193. The van der Waals surface area contributed by atoms with Crippen LogP contribution in [0.1, 0.15) is 41.5 Å². The first-order chi connectivity index (χ1) is 15.6. The lowest BCUT2D eigenvalue weighted by atomic mass is 10.2. The molecule has 0 radical (unpaired) electrons. The molecule has 0 rings (SSSR count). The van der Waals surface area contributed by atoms with Crippen molar-refractivity contribution < 1.29 is 14.7 Å². The number of carboxylic acids is 1. The Hall–Kier alpha value is -3.72. The topological polar surface area (TPSA) is 57.2 Å². The summed E-state index contributed by atoms with van der Waals surface area (Å²) in [5.74, 6) is -1.16. The molecule has 174 valence electrons. The Balaban J connectivity index is 4.75. The standard InChI is InChI=1S/C30H36O3/c1-24(15-9-17-26(3)19-11-21-28(5)23-31)13-7-8-14-25(2)16-10-18-27(4)20-12-22-29(6)30(32)33/h7-23H,1-6H3,(H,32,33)/p-1/b8-7+,15-9+,16-10+,19-11+,20-12+,24-13+,25-14+,26-17+,27-18+,28-21+,29-22+. The fourth-order valence-corrected chi connectivity index (χ4v) is 2.14. The van der Waals surface area contributed by atoms with Crippen molar-refractivity contribution in [2.45, 2.75) is 41.5 Å². The first-order valence-electron chi connectivity index (χ1n) is 10.7. The fourth-order valence-electron chi connectivity index (χ4n) is 2.14. The zero-order valence-corrected chi connectivity index (χ0v) is 20.5. The van der Waals surface area contributed by atoms with Gasteiger partial charge in [-0.05, 0) is 52.7 Å². The number of carbonyl (C=O) groups excluding carboxylic acids is 2. The third-order valence-electron chi connectivity index (χ3n) is 4.20. The van der Waals surface area contributed by atoms with Crippen molar-refractivity contribution in [1.82, 2.24) is 0 Å². The van der Waals surface area contributed by atoms with Crippen LogP contribution in [0.3, 0.4) is 0 Å². The summed E-state index contributed by atoms with van der Waals surface area (Å²) < 4.78 is 0. The maximum absolute atomic E-state index is 10.6. The van der Waals surface area contributed by atoms with Crippen LogP contribution >= 0.6 is 0 Å². The van der Waals surface area contributed by atoms with E-state index in [1.54, 1.807) is 19.1 Å². The molecule has 3 heteroatoms. The molecule has 0 saturated heterocycles. The summed E-state index contributed by atoms with van der Waals surface area (Å²) >= 11 is 0. The van der Waals surface area contributed by atoms with E-state index < -0.39 is 5.97 Å². The lowest BCUT2D eigenvalue weighted by Crippen LogP contribution is -2.22. The van der Waals surface area contributed by atoms with Crippen LogP contribution in [0.4, 0.5) is 0 Å². The van der Waals surface area contributed by atoms with Crippen LogP contribution in [0.2, 0.25) is 0 Å². The van der Waals surface area contributed by atoms with Gasteiger partial charge >= 0.3 is 0 Å².